The van der Waals surface area contributed by atoms with Gasteiger partial charge in [0.15, 0.2) is 0 Å². The molecule has 1 aromatic rings. The Labute approximate surface area is 95.0 Å². The van der Waals surface area contributed by atoms with E-state index in [0.29, 0.717) is 17.2 Å². The summed E-state index contributed by atoms with van der Waals surface area (Å²) in [6.45, 7) is 4.43. The molecule has 16 heavy (non-hydrogen) atoms. The van der Waals surface area contributed by atoms with Gasteiger partial charge < -0.3 is 10.1 Å². The number of methoxy groups -OCH3 is 1. The van der Waals surface area contributed by atoms with E-state index in [0.717, 1.165) is 12.1 Å². The van der Waals surface area contributed by atoms with Crippen LogP contribution in [-0.4, -0.2) is 24.1 Å². The van der Waals surface area contributed by atoms with Gasteiger partial charge in [-0.25, -0.2) is 9.78 Å². The number of pyridine rings is 1. The molecule has 2 rings (SSSR count). The van der Waals surface area contributed by atoms with Gasteiger partial charge in [0, 0.05) is 17.9 Å². The van der Waals surface area contributed by atoms with Crippen molar-refractivity contribution in [2.45, 2.75) is 26.3 Å². The Morgan fingerprint density at radius 2 is 2.31 bits per heavy atom. The summed E-state index contributed by atoms with van der Waals surface area (Å²) in [4.78, 5) is 15.2. The average Bonchev–Trinajstić information content (AvgIpc) is 2.85. The van der Waals surface area contributed by atoms with E-state index in [1.807, 2.05) is 6.07 Å². The zero-order valence-corrected chi connectivity index (χ0v) is 9.78. The predicted molar refractivity (Wildman–Crippen MR) is 61.4 cm³/mol. The van der Waals surface area contributed by atoms with Crippen molar-refractivity contribution in [1.29, 1.82) is 0 Å². The molecule has 1 saturated carbocycles. The number of hydrogen-bond donors (Lipinski definition) is 1. The molecule has 86 valence electrons. The number of esters is 1. The first kappa shape index (κ1) is 10.9. The summed E-state index contributed by atoms with van der Waals surface area (Å²) in [6.07, 6.45) is 2.77. The molecule has 1 heterocycles. The molecule has 0 aliphatic heterocycles. The Kier molecular flexibility index (Phi) is 2.58. The van der Waals surface area contributed by atoms with Crippen LogP contribution in [0.15, 0.2) is 18.3 Å². The Balaban J connectivity index is 2.08. The highest BCUT2D eigenvalue weighted by atomic mass is 16.5. The molecule has 4 heteroatoms. The van der Waals surface area contributed by atoms with Gasteiger partial charge in [0.25, 0.3) is 0 Å². The molecular weight excluding hydrogens is 204 g/mol. The fourth-order valence-corrected chi connectivity index (χ4v) is 1.65. The zero-order chi connectivity index (χ0) is 11.8. The van der Waals surface area contributed by atoms with Crippen molar-refractivity contribution >= 4 is 11.7 Å². The Hall–Kier alpha value is -1.58. The molecule has 1 atom stereocenters. The molecule has 1 aromatic heterocycles. The second-order valence-corrected chi connectivity index (χ2v) is 4.81. The van der Waals surface area contributed by atoms with Crippen LogP contribution in [0.5, 0.6) is 0 Å². The van der Waals surface area contributed by atoms with Gasteiger partial charge in [-0.1, -0.05) is 13.8 Å². The van der Waals surface area contributed by atoms with Crippen LogP contribution in [0.2, 0.25) is 0 Å². The van der Waals surface area contributed by atoms with Gasteiger partial charge in [0.1, 0.15) is 5.69 Å². The predicted octanol–water partition coefficient (Wildman–Crippen LogP) is 2.08. The van der Waals surface area contributed by atoms with Crippen molar-refractivity contribution in [3.63, 3.8) is 0 Å². The highest BCUT2D eigenvalue weighted by Crippen LogP contribution is 2.46. The fourth-order valence-electron chi connectivity index (χ4n) is 1.65. The quantitative estimate of drug-likeness (QED) is 0.792. The van der Waals surface area contributed by atoms with Crippen LogP contribution in [0.1, 0.15) is 30.8 Å². The van der Waals surface area contributed by atoms with Crippen molar-refractivity contribution in [2.75, 3.05) is 12.4 Å². The van der Waals surface area contributed by atoms with Crippen molar-refractivity contribution < 1.29 is 9.53 Å². The van der Waals surface area contributed by atoms with Gasteiger partial charge in [-0.2, -0.15) is 0 Å². The lowest BCUT2D eigenvalue weighted by molar-refractivity contribution is 0.0594. The van der Waals surface area contributed by atoms with E-state index >= 15 is 0 Å². The van der Waals surface area contributed by atoms with E-state index in [1.165, 1.54) is 7.11 Å². The Bertz CT molecular complexity index is 415. The largest absolute Gasteiger partial charge is 0.464 e. The molecule has 1 fully saturated rings. The maximum Gasteiger partial charge on any atom is 0.356 e. The second kappa shape index (κ2) is 3.77. The van der Waals surface area contributed by atoms with Gasteiger partial charge in [-0.05, 0) is 24.0 Å². The van der Waals surface area contributed by atoms with E-state index < -0.39 is 5.97 Å². The van der Waals surface area contributed by atoms with Gasteiger partial charge in [0.2, 0.25) is 0 Å². The smallest absolute Gasteiger partial charge is 0.356 e. The number of nitrogens with one attached hydrogen (secondary N) is 1. The number of carbonyl (C=O) groups is 1. The lowest BCUT2D eigenvalue weighted by Crippen LogP contribution is -2.10. The lowest BCUT2D eigenvalue weighted by atomic mass is 10.2. The van der Waals surface area contributed by atoms with Crippen LogP contribution in [-0.2, 0) is 4.74 Å². The summed E-state index contributed by atoms with van der Waals surface area (Å²) in [6, 6.07) is 4.07. The van der Waals surface area contributed by atoms with Gasteiger partial charge >= 0.3 is 5.97 Å². The standard InChI is InChI=1S/C12H16N2O2/c1-12(2)7-10(12)14-8-4-5-13-9(6-8)11(15)16-3/h4-6,10H,7H2,1-3H3,(H,13,14). The molecule has 4 nitrogen and oxygen atoms in total. The number of ether oxygens (including phenoxy) is 1. The molecule has 0 saturated heterocycles. The first-order valence-electron chi connectivity index (χ1n) is 5.34. The van der Waals surface area contributed by atoms with E-state index in [-0.39, 0.29) is 0 Å². The van der Waals surface area contributed by atoms with Crippen molar-refractivity contribution in [2.24, 2.45) is 5.41 Å². The van der Waals surface area contributed by atoms with Crippen LogP contribution < -0.4 is 5.32 Å². The summed E-state index contributed by atoms with van der Waals surface area (Å²) < 4.78 is 4.62. The lowest BCUT2D eigenvalue weighted by Gasteiger charge is -2.08. The van der Waals surface area contributed by atoms with E-state index in [2.05, 4.69) is 28.9 Å². The zero-order valence-electron chi connectivity index (χ0n) is 9.78. The highest BCUT2D eigenvalue weighted by molar-refractivity contribution is 5.88. The minimum absolute atomic E-state index is 0.339. The van der Waals surface area contributed by atoms with Gasteiger partial charge in [-0.15, -0.1) is 0 Å². The average molecular weight is 220 g/mol. The normalized spacial score (nSPS) is 21.3. The Morgan fingerprint density at radius 3 is 2.88 bits per heavy atom. The molecular formula is C12H16N2O2. The van der Waals surface area contributed by atoms with Crippen LogP contribution in [0.4, 0.5) is 5.69 Å². The number of aromatic nitrogens is 1. The molecule has 0 amide bonds. The van der Waals surface area contributed by atoms with Crippen LogP contribution in [0.25, 0.3) is 0 Å². The third kappa shape index (κ3) is 2.15. The molecule has 1 aliphatic carbocycles. The SMILES string of the molecule is COC(=O)c1cc(NC2CC2(C)C)ccn1. The maximum absolute atomic E-state index is 11.3. The molecule has 1 unspecified atom stereocenters. The topological polar surface area (TPSA) is 51.2 Å². The number of nitrogens with zero attached hydrogens (tertiary/aromatic N) is 1. The molecule has 0 radical (unpaired) electrons. The van der Waals surface area contributed by atoms with E-state index in [4.69, 9.17) is 0 Å². The summed E-state index contributed by atoms with van der Waals surface area (Å²) in [7, 11) is 1.36. The summed E-state index contributed by atoms with van der Waals surface area (Å²) >= 11 is 0. The molecule has 0 bridgehead atoms. The van der Waals surface area contributed by atoms with E-state index in [9.17, 15) is 4.79 Å². The van der Waals surface area contributed by atoms with Crippen LogP contribution >= 0.6 is 0 Å². The monoisotopic (exact) mass is 220 g/mol. The van der Waals surface area contributed by atoms with Crippen molar-refractivity contribution in [3.05, 3.63) is 24.0 Å². The highest BCUT2D eigenvalue weighted by Gasteiger charge is 2.45. The summed E-state index contributed by atoms with van der Waals surface area (Å²) in [5, 5.41) is 3.38. The van der Waals surface area contributed by atoms with Crippen molar-refractivity contribution in [1.82, 2.24) is 4.98 Å². The summed E-state index contributed by atoms with van der Waals surface area (Å²) in [5.74, 6) is -0.404. The first-order chi connectivity index (χ1) is 7.53. The fraction of sp³-hybridized carbons (Fsp3) is 0.500. The minimum atomic E-state index is -0.404. The third-order valence-electron chi connectivity index (χ3n) is 3.01. The molecule has 1 aliphatic rings. The van der Waals surface area contributed by atoms with Gasteiger partial charge in [-0.3, -0.25) is 0 Å². The number of anilines is 1. The van der Waals surface area contributed by atoms with E-state index in [1.54, 1.807) is 12.3 Å². The second-order valence-electron chi connectivity index (χ2n) is 4.81. The minimum Gasteiger partial charge on any atom is -0.464 e. The number of carbonyl (C=O) groups excluding carboxylic acids is 1. The van der Waals surface area contributed by atoms with Crippen LogP contribution in [0, 0.1) is 5.41 Å². The first-order valence-corrected chi connectivity index (χ1v) is 5.34. The van der Waals surface area contributed by atoms with Crippen LogP contribution in [0.3, 0.4) is 0 Å². The maximum atomic E-state index is 11.3. The van der Waals surface area contributed by atoms with Gasteiger partial charge in [0.05, 0.1) is 7.11 Å². The molecule has 1 N–H and O–H groups in total. The Morgan fingerprint density at radius 1 is 1.62 bits per heavy atom. The molecule has 0 spiro atoms. The number of hydrogen-bond acceptors (Lipinski definition) is 4. The molecule has 0 aromatic carbocycles. The summed E-state index contributed by atoms with van der Waals surface area (Å²) in [5.41, 5.74) is 1.62. The number of rotatable bonds is 3. The third-order valence-corrected chi connectivity index (χ3v) is 3.01. The van der Waals surface area contributed by atoms with Crippen molar-refractivity contribution in [3.8, 4) is 0 Å².